The van der Waals surface area contributed by atoms with Crippen LogP contribution in [-0.4, -0.2) is 57.3 Å². The molecule has 3 heterocycles. The Hall–Kier alpha value is -2.87. The summed E-state index contributed by atoms with van der Waals surface area (Å²) in [6, 6.07) is 5.24. The van der Waals surface area contributed by atoms with E-state index in [-0.39, 0.29) is 18.2 Å². The van der Waals surface area contributed by atoms with Gasteiger partial charge in [0.1, 0.15) is 5.82 Å². The summed E-state index contributed by atoms with van der Waals surface area (Å²) in [4.78, 5) is 40.5. The van der Waals surface area contributed by atoms with Gasteiger partial charge in [-0.25, -0.2) is 9.97 Å². The highest BCUT2D eigenvalue weighted by atomic mass is 16.2. The standard InChI is InChI=1S/C22H28N6O2/c1-15-17-6-4-7-18(17)27-20(26-15)8-10-24-21(29)13-19-22(30)25-11-12-28(19)14-16-5-2-3-9-23-16/h2-3,5,9,19H,4,6-8,10-14H2,1H3,(H,24,29)(H,25,30). The average Bonchev–Trinajstić information content (AvgIpc) is 3.21. The number of aromatic nitrogens is 3. The van der Waals surface area contributed by atoms with Crippen molar-refractivity contribution in [2.75, 3.05) is 19.6 Å². The number of rotatable bonds is 7. The molecule has 1 aliphatic carbocycles. The molecule has 1 unspecified atom stereocenters. The van der Waals surface area contributed by atoms with Crippen molar-refractivity contribution in [2.45, 2.75) is 51.6 Å². The molecular formula is C22H28N6O2. The molecular weight excluding hydrogens is 380 g/mol. The minimum Gasteiger partial charge on any atom is -0.356 e. The number of carbonyl (C=O) groups excluding carboxylic acids is 2. The van der Waals surface area contributed by atoms with Crippen molar-refractivity contribution in [3.05, 3.63) is 52.9 Å². The molecule has 1 saturated heterocycles. The van der Waals surface area contributed by atoms with Gasteiger partial charge in [0, 0.05) is 50.2 Å². The number of amides is 2. The van der Waals surface area contributed by atoms with E-state index in [1.807, 2.05) is 30.0 Å². The lowest BCUT2D eigenvalue weighted by molar-refractivity contribution is -0.134. The summed E-state index contributed by atoms with van der Waals surface area (Å²) < 4.78 is 0. The van der Waals surface area contributed by atoms with Crippen LogP contribution in [0.15, 0.2) is 24.4 Å². The molecule has 0 aromatic carbocycles. The Morgan fingerprint density at radius 2 is 2.20 bits per heavy atom. The molecule has 2 aromatic rings. The van der Waals surface area contributed by atoms with E-state index in [2.05, 4.69) is 25.6 Å². The molecule has 0 bridgehead atoms. The van der Waals surface area contributed by atoms with Crippen LogP contribution in [0.5, 0.6) is 0 Å². The highest BCUT2D eigenvalue weighted by Crippen LogP contribution is 2.22. The zero-order chi connectivity index (χ0) is 20.9. The van der Waals surface area contributed by atoms with E-state index < -0.39 is 6.04 Å². The number of nitrogens with one attached hydrogen (secondary N) is 2. The van der Waals surface area contributed by atoms with Gasteiger partial charge in [-0.3, -0.25) is 19.5 Å². The monoisotopic (exact) mass is 408 g/mol. The van der Waals surface area contributed by atoms with Crippen molar-refractivity contribution >= 4 is 11.8 Å². The van der Waals surface area contributed by atoms with Crippen molar-refractivity contribution in [3.63, 3.8) is 0 Å². The molecule has 158 valence electrons. The first-order valence-electron chi connectivity index (χ1n) is 10.6. The van der Waals surface area contributed by atoms with E-state index in [1.54, 1.807) is 6.20 Å². The predicted octanol–water partition coefficient (Wildman–Crippen LogP) is 0.718. The van der Waals surface area contributed by atoms with Gasteiger partial charge in [-0.15, -0.1) is 0 Å². The predicted molar refractivity (Wildman–Crippen MR) is 112 cm³/mol. The Morgan fingerprint density at radius 1 is 1.30 bits per heavy atom. The minimum absolute atomic E-state index is 0.107. The fraction of sp³-hybridized carbons (Fsp3) is 0.500. The molecule has 1 aliphatic heterocycles. The molecule has 0 spiro atoms. The van der Waals surface area contributed by atoms with E-state index in [0.29, 0.717) is 32.6 Å². The molecule has 0 saturated carbocycles. The third-order valence-corrected chi connectivity index (χ3v) is 5.77. The quantitative estimate of drug-likeness (QED) is 0.700. The first-order valence-corrected chi connectivity index (χ1v) is 10.6. The maximum atomic E-state index is 12.5. The van der Waals surface area contributed by atoms with E-state index in [4.69, 9.17) is 0 Å². The molecule has 0 radical (unpaired) electrons. The van der Waals surface area contributed by atoms with Crippen molar-refractivity contribution in [1.29, 1.82) is 0 Å². The maximum Gasteiger partial charge on any atom is 0.237 e. The Kier molecular flexibility index (Phi) is 6.32. The number of aryl methyl sites for hydroxylation is 2. The molecule has 2 N–H and O–H groups in total. The van der Waals surface area contributed by atoms with Crippen LogP contribution in [0.3, 0.4) is 0 Å². The molecule has 1 fully saturated rings. The summed E-state index contributed by atoms with van der Waals surface area (Å²) in [5, 5.41) is 5.79. The van der Waals surface area contributed by atoms with Crippen LogP contribution < -0.4 is 10.6 Å². The summed E-state index contributed by atoms with van der Waals surface area (Å²) in [5.74, 6) is 0.534. The van der Waals surface area contributed by atoms with Crippen LogP contribution in [-0.2, 0) is 35.4 Å². The summed E-state index contributed by atoms with van der Waals surface area (Å²) in [7, 11) is 0. The number of piperazine rings is 1. The van der Waals surface area contributed by atoms with Gasteiger partial charge >= 0.3 is 0 Å². The molecule has 4 rings (SSSR count). The Balaban J connectivity index is 1.31. The van der Waals surface area contributed by atoms with E-state index in [9.17, 15) is 9.59 Å². The summed E-state index contributed by atoms with van der Waals surface area (Å²) in [5.41, 5.74) is 4.40. The van der Waals surface area contributed by atoms with Crippen LogP contribution in [0.25, 0.3) is 0 Å². The zero-order valence-electron chi connectivity index (χ0n) is 17.4. The van der Waals surface area contributed by atoms with E-state index in [1.165, 1.54) is 5.56 Å². The Morgan fingerprint density at radius 3 is 3.03 bits per heavy atom. The lowest BCUT2D eigenvalue weighted by Crippen LogP contribution is -2.56. The topological polar surface area (TPSA) is 100 Å². The lowest BCUT2D eigenvalue weighted by atomic mass is 10.1. The van der Waals surface area contributed by atoms with Crippen molar-refractivity contribution in [2.24, 2.45) is 0 Å². The van der Waals surface area contributed by atoms with Crippen LogP contribution in [0, 0.1) is 6.92 Å². The molecule has 8 heteroatoms. The van der Waals surface area contributed by atoms with Crippen LogP contribution >= 0.6 is 0 Å². The number of fused-ring (bicyclic) bond motifs is 1. The van der Waals surface area contributed by atoms with Gasteiger partial charge < -0.3 is 10.6 Å². The van der Waals surface area contributed by atoms with Gasteiger partial charge in [0.15, 0.2) is 0 Å². The van der Waals surface area contributed by atoms with Gasteiger partial charge in [0.2, 0.25) is 11.8 Å². The third kappa shape index (κ3) is 4.81. The van der Waals surface area contributed by atoms with E-state index >= 15 is 0 Å². The maximum absolute atomic E-state index is 12.5. The second-order valence-electron chi connectivity index (χ2n) is 7.91. The van der Waals surface area contributed by atoms with Gasteiger partial charge in [-0.2, -0.15) is 0 Å². The second kappa shape index (κ2) is 9.30. The average molecular weight is 409 g/mol. The van der Waals surface area contributed by atoms with Gasteiger partial charge in [-0.1, -0.05) is 6.07 Å². The van der Waals surface area contributed by atoms with Crippen LogP contribution in [0.1, 0.15) is 41.3 Å². The molecule has 2 aliphatic rings. The number of nitrogens with zero attached hydrogens (tertiary/aromatic N) is 4. The molecule has 8 nitrogen and oxygen atoms in total. The summed E-state index contributed by atoms with van der Waals surface area (Å²) in [6.45, 7) is 4.33. The number of carbonyl (C=O) groups is 2. The lowest BCUT2D eigenvalue weighted by Gasteiger charge is -2.34. The highest BCUT2D eigenvalue weighted by molar-refractivity contribution is 5.88. The fourth-order valence-electron chi connectivity index (χ4n) is 4.23. The van der Waals surface area contributed by atoms with E-state index in [0.717, 1.165) is 42.2 Å². The summed E-state index contributed by atoms with van der Waals surface area (Å²) >= 11 is 0. The first kappa shape index (κ1) is 20.4. The van der Waals surface area contributed by atoms with Gasteiger partial charge in [-0.05, 0) is 43.9 Å². The molecule has 1 atom stereocenters. The van der Waals surface area contributed by atoms with Crippen molar-refractivity contribution < 1.29 is 9.59 Å². The normalized spacial score (nSPS) is 18.7. The zero-order valence-corrected chi connectivity index (χ0v) is 17.4. The number of hydrogen-bond acceptors (Lipinski definition) is 6. The fourth-order valence-corrected chi connectivity index (χ4v) is 4.23. The second-order valence-corrected chi connectivity index (χ2v) is 7.91. The minimum atomic E-state index is -0.487. The Labute approximate surface area is 176 Å². The van der Waals surface area contributed by atoms with Crippen molar-refractivity contribution in [1.82, 2.24) is 30.5 Å². The number of pyridine rings is 1. The van der Waals surface area contributed by atoms with Gasteiger partial charge in [0.05, 0.1) is 18.2 Å². The highest BCUT2D eigenvalue weighted by Gasteiger charge is 2.31. The molecule has 30 heavy (non-hydrogen) atoms. The van der Waals surface area contributed by atoms with Crippen LogP contribution in [0.4, 0.5) is 0 Å². The third-order valence-electron chi connectivity index (χ3n) is 5.77. The molecule has 2 amide bonds. The van der Waals surface area contributed by atoms with Crippen LogP contribution in [0.2, 0.25) is 0 Å². The SMILES string of the molecule is Cc1nc(CCNC(=O)CC2C(=O)NCCN2Cc2ccccn2)nc2c1CCC2. The first-order chi connectivity index (χ1) is 14.6. The molecule has 2 aromatic heterocycles. The van der Waals surface area contributed by atoms with Gasteiger partial charge in [0.25, 0.3) is 0 Å². The Bertz CT molecular complexity index is 917. The summed E-state index contributed by atoms with van der Waals surface area (Å²) in [6.07, 6.45) is 5.68. The smallest absolute Gasteiger partial charge is 0.237 e. The van der Waals surface area contributed by atoms with Crippen molar-refractivity contribution in [3.8, 4) is 0 Å². The number of hydrogen-bond donors (Lipinski definition) is 2. The largest absolute Gasteiger partial charge is 0.356 e.